The maximum Gasteiger partial charge on any atom is 0.0944 e. The number of epoxide rings is 1. The molecule has 1 nitrogen and oxygen atoms in total. The van der Waals surface area contributed by atoms with Gasteiger partial charge in [-0.25, -0.2) is 0 Å². The largest absolute Gasteiger partial charge is 0.369 e. The van der Waals surface area contributed by atoms with E-state index < -0.39 is 0 Å². The quantitative estimate of drug-likeness (QED) is 0.536. The van der Waals surface area contributed by atoms with E-state index in [0.29, 0.717) is 11.0 Å². The molecule has 1 heteroatoms. The Morgan fingerprint density at radius 3 is 2.10 bits per heavy atom. The summed E-state index contributed by atoms with van der Waals surface area (Å²) in [6.07, 6.45) is 5.54. The van der Waals surface area contributed by atoms with Crippen molar-refractivity contribution in [3.05, 3.63) is 0 Å². The van der Waals surface area contributed by atoms with Crippen molar-refractivity contribution in [3.63, 3.8) is 0 Å². The van der Waals surface area contributed by atoms with Crippen molar-refractivity contribution >= 4 is 0 Å². The fourth-order valence-corrected chi connectivity index (χ4v) is 2.27. The van der Waals surface area contributed by atoms with Gasteiger partial charge in [0, 0.05) is 5.41 Å². The van der Waals surface area contributed by atoms with Gasteiger partial charge in [-0.2, -0.15) is 0 Å². The SMILES string of the molecule is CCC1(C2(C)CO2)CCC1. The van der Waals surface area contributed by atoms with Crippen LogP contribution in [-0.4, -0.2) is 12.2 Å². The first-order valence-electron chi connectivity index (χ1n) is 4.36. The molecule has 0 amide bonds. The lowest BCUT2D eigenvalue weighted by Crippen LogP contribution is -2.41. The highest BCUT2D eigenvalue weighted by Crippen LogP contribution is 2.58. The highest BCUT2D eigenvalue weighted by atomic mass is 16.6. The predicted molar refractivity (Wildman–Crippen MR) is 40.9 cm³/mol. The first-order valence-corrected chi connectivity index (χ1v) is 4.36. The van der Waals surface area contributed by atoms with Gasteiger partial charge in [-0.3, -0.25) is 0 Å². The minimum absolute atomic E-state index is 0.292. The summed E-state index contributed by atoms with van der Waals surface area (Å²) in [5.41, 5.74) is 0.882. The van der Waals surface area contributed by atoms with Gasteiger partial charge in [-0.1, -0.05) is 13.3 Å². The van der Waals surface area contributed by atoms with Crippen LogP contribution < -0.4 is 0 Å². The van der Waals surface area contributed by atoms with Crippen LogP contribution in [0.5, 0.6) is 0 Å². The molecule has 2 aliphatic rings. The molecule has 1 unspecified atom stereocenters. The predicted octanol–water partition coefficient (Wildman–Crippen LogP) is 2.36. The molecule has 1 atom stereocenters. The van der Waals surface area contributed by atoms with E-state index in [1.165, 1.54) is 25.7 Å². The maximum absolute atomic E-state index is 5.49. The van der Waals surface area contributed by atoms with Crippen LogP contribution >= 0.6 is 0 Å². The van der Waals surface area contributed by atoms with E-state index in [-0.39, 0.29) is 0 Å². The molecular weight excluding hydrogens is 124 g/mol. The van der Waals surface area contributed by atoms with Crippen LogP contribution in [0.25, 0.3) is 0 Å². The number of hydrogen-bond acceptors (Lipinski definition) is 1. The summed E-state index contributed by atoms with van der Waals surface area (Å²) in [6, 6.07) is 0. The Hall–Kier alpha value is -0.0400. The third-order valence-corrected chi connectivity index (χ3v) is 3.69. The second-order valence-electron chi connectivity index (χ2n) is 4.01. The number of hydrogen-bond donors (Lipinski definition) is 0. The summed E-state index contributed by atoms with van der Waals surface area (Å²) in [7, 11) is 0. The molecule has 0 bridgehead atoms. The minimum atomic E-state index is 0.292. The lowest BCUT2D eigenvalue weighted by atomic mass is 9.60. The Morgan fingerprint density at radius 2 is 2.00 bits per heavy atom. The van der Waals surface area contributed by atoms with Gasteiger partial charge in [0.15, 0.2) is 0 Å². The molecule has 1 heterocycles. The van der Waals surface area contributed by atoms with Crippen LogP contribution in [-0.2, 0) is 4.74 Å². The fraction of sp³-hybridized carbons (Fsp3) is 1.00. The molecule has 58 valence electrons. The zero-order valence-corrected chi connectivity index (χ0v) is 6.94. The maximum atomic E-state index is 5.49. The molecule has 2 fully saturated rings. The van der Waals surface area contributed by atoms with Crippen molar-refractivity contribution in [1.82, 2.24) is 0 Å². The normalized spacial score (nSPS) is 42.6. The molecule has 1 aliphatic carbocycles. The molecule has 0 aromatic heterocycles. The summed E-state index contributed by atoms with van der Waals surface area (Å²) in [5, 5.41) is 0. The highest BCUT2D eigenvalue weighted by Gasteiger charge is 2.59. The van der Waals surface area contributed by atoms with Gasteiger partial charge in [0.2, 0.25) is 0 Å². The first-order chi connectivity index (χ1) is 4.72. The topological polar surface area (TPSA) is 12.5 Å². The molecule has 10 heavy (non-hydrogen) atoms. The lowest BCUT2D eigenvalue weighted by Gasteiger charge is -2.44. The van der Waals surface area contributed by atoms with Crippen molar-refractivity contribution in [2.45, 2.75) is 45.1 Å². The third kappa shape index (κ3) is 0.619. The summed E-state index contributed by atoms with van der Waals surface area (Å²) < 4.78 is 5.49. The monoisotopic (exact) mass is 140 g/mol. The van der Waals surface area contributed by atoms with E-state index in [9.17, 15) is 0 Å². The second kappa shape index (κ2) is 1.76. The van der Waals surface area contributed by atoms with Crippen LogP contribution in [0, 0.1) is 5.41 Å². The van der Waals surface area contributed by atoms with Gasteiger partial charge in [0.05, 0.1) is 12.2 Å². The van der Waals surface area contributed by atoms with E-state index in [2.05, 4.69) is 13.8 Å². The highest BCUT2D eigenvalue weighted by molar-refractivity contribution is 5.08. The van der Waals surface area contributed by atoms with Crippen molar-refractivity contribution < 1.29 is 4.74 Å². The van der Waals surface area contributed by atoms with Gasteiger partial charge >= 0.3 is 0 Å². The molecule has 0 radical (unpaired) electrons. The van der Waals surface area contributed by atoms with Gasteiger partial charge < -0.3 is 4.74 Å². The van der Waals surface area contributed by atoms with Crippen molar-refractivity contribution in [2.24, 2.45) is 5.41 Å². The lowest BCUT2D eigenvalue weighted by molar-refractivity contribution is 0.0240. The molecule has 0 spiro atoms. The molecular formula is C9H16O. The molecule has 1 aliphatic heterocycles. The Labute approximate surface area is 62.8 Å². The minimum Gasteiger partial charge on any atom is -0.369 e. The summed E-state index contributed by atoms with van der Waals surface area (Å²) in [6.45, 7) is 5.59. The van der Waals surface area contributed by atoms with E-state index in [4.69, 9.17) is 4.74 Å². The Morgan fingerprint density at radius 1 is 1.40 bits per heavy atom. The smallest absolute Gasteiger partial charge is 0.0944 e. The van der Waals surface area contributed by atoms with Crippen molar-refractivity contribution in [1.29, 1.82) is 0 Å². The summed E-state index contributed by atoms with van der Waals surface area (Å²) in [5.74, 6) is 0. The van der Waals surface area contributed by atoms with Crippen molar-refractivity contribution in [2.75, 3.05) is 6.61 Å². The molecule has 0 aromatic rings. The number of ether oxygens (including phenoxy) is 1. The Bertz CT molecular complexity index is 137. The molecule has 2 rings (SSSR count). The zero-order chi connectivity index (χ0) is 7.24. The summed E-state index contributed by atoms with van der Waals surface area (Å²) in [4.78, 5) is 0. The van der Waals surface area contributed by atoms with E-state index in [0.717, 1.165) is 6.61 Å². The standard InChI is InChI=1S/C9H16O/c1-3-9(5-4-6-9)8(2)7-10-8/h3-7H2,1-2H3. The molecule has 1 saturated heterocycles. The zero-order valence-electron chi connectivity index (χ0n) is 6.94. The second-order valence-corrected chi connectivity index (χ2v) is 4.01. The van der Waals surface area contributed by atoms with Crippen LogP contribution in [0.2, 0.25) is 0 Å². The molecule has 0 N–H and O–H groups in total. The third-order valence-electron chi connectivity index (χ3n) is 3.69. The van der Waals surface area contributed by atoms with Gasteiger partial charge in [-0.15, -0.1) is 0 Å². The fourth-order valence-electron chi connectivity index (χ4n) is 2.27. The number of rotatable bonds is 2. The van der Waals surface area contributed by atoms with Crippen LogP contribution in [0.4, 0.5) is 0 Å². The average molecular weight is 140 g/mol. The van der Waals surface area contributed by atoms with E-state index in [1.807, 2.05) is 0 Å². The van der Waals surface area contributed by atoms with Crippen molar-refractivity contribution in [3.8, 4) is 0 Å². The van der Waals surface area contributed by atoms with Crippen LogP contribution in [0.1, 0.15) is 39.5 Å². The molecule has 1 saturated carbocycles. The van der Waals surface area contributed by atoms with Crippen LogP contribution in [0.3, 0.4) is 0 Å². The Kier molecular flexibility index (Phi) is 1.17. The van der Waals surface area contributed by atoms with Crippen LogP contribution in [0.15, 0.2) is 0 Å². The van der Waals surface area contributed by atoms with Gasteiger partial charge in [0.25, 0.3) is 0 Å². The summed E-state index contributed by atoms with van der Waals surface area (Å²) >= 11 is 0. The molecule has 0 aromatic carbocycles. The Balaban J connectivity index is 2.11. The van der Waals surface area contributed by atoms with Gasteiger partial charge in [0.1, 0.15) is 0 Å². The first kappa shape index (κ1) is 6.66. The van der Waals surface area contributed by atoms with E-state index >= 15 is 0 Å². The van der Waals surface area contributed by atoms with E-state index in [1.54, 1.807) is 0 Å². The average Bonchev–Trinajstić information content (AvgIpc) is 2.47. The van der Waals surface area contributed by atoms with Gasteiger partial charge in [-0.05, 0) is 26.2 Å².